The summed E-state index contributed by atoms with van der Waals surface area (Å²) in [5, 5.41) is 11.7. The zero-order chi connectivity index (χ0) is 24.6. The minimum Gasteiger partial charge on any atom is -0.304 e. The Balaban J connectivity index is 1.76. The maximum absolute atomic E-state index is 14.1. The molecule has 4 nitrogen and oxygen atoms in total. The van der Waals surface area contributed by atoms with Gasteiger partial charge in [0, 0.05) is 43.1 Å². The molecule has 0 saturated heterocycles. The lowest BCUT2D eigenvalue weighted by atomic mass is 9.90. The molecule has 0 atom stereocenters. The molecule has 0 bridgehead atoms. The molecule has 0 amide bonds. The van der Waals surface area contributed by atoms with E-state index in [0.29, 0.717) is 21.5 Å². The Morgan fingerprint density at radius 2 is 0.763 bits per heavy atom. The van der Waals surface area contributed by atoms with E-state index in [-0.39, 0.29) is 10.9 Å². The standard InChI is InChI=1S/C34H14N2O2/c37-33-21-11-4-12-22-28(21)35-29-23(33)13-15-5-1-7-17-19-9-3-10-20-18-8-2-6-16-14-24(34(22)38)30(35)32(26(16)18)36(27(19)20)31(29)25(15)17/h1-14H. The number of fused-ring (bicyclic) bond motifs is 2. The lowest BCUT2D eigenvalue weighted by molar-refractivity contribution is 1.24. The maximum Gasteiger partial charge on any atom is 0.197 e. The fourth-order valence-corrected chi connectivity index (χ4v) is 7.86. The van der Waals surface area contributed by atoms with Crippen LogP contribution >= 0.6 is 0 Å². The minimum atomic E-state index is -0.0195. The van der Waals surface area contributed by atoms with Gasteiger partial charge in [-0.1, -0.05) is 60.7 Å². The van der Waals surface area contributed by atoms with Crippen molar-refractivity contribution in [1.82, 2.24) is 8.80 Å². The number of hydrogen-bond donors (Lipinski definition) is 0. The van der Waals surface area contributed by atoms with E-state index in [1.54, 1.807) is 0 Å². The van der Waals surface area contributed by atoms with Gasteiger partial charge in [-0.3, -0.25) is 9.59 Å². The molecule has 5 aromatic heterocycles. The third kappa shape index (κ3) is 1.60. The molecule has 0 aliphatic carbocycles. The molecule has 6 aromatic carbocycles. The van der Waals surface area contributed by atoms with Crippen LogP contribution in [0.4, 0.5) is 0 Å². The number of pyridine rings is 4. The van der Waals surface area contributed by atoms with Gasteiger partial charge in [0.1, 0.15) is 0 Å². The summed E-state index contributed by atoms with van der Waals surface area (Å²) in [6.45, 7) is 0. The Kier molecular flexibility index (Phi) is 2.56. The van der Waals surface area contributed by atoms with Gasteiger partial charge in [0.15, 0.2) is 10.9 Å². The molecule has 38 heavy (non-hydrogen) atoms. The SMILES string of the molecule is O=c1c2cccc3c(=O)c4cc5cccc6c7cccc8c9cccc%10cc1c1c(c%109)n(c87)c(c56)c4n1c23. The summed E-state index contributed by atoms with van der Waals surface area (Å²) in [6, 6.07) is 29.0. The van der Waals surface area contributed by atoms with Crippen molar-refractivity contribution >= 4 is 97.7 Å². The smallest absolute Gasteiger partial charge is 0.197 e. The number of para-hydroxylation sites is 2. The summed E-state index contributed by atoms with van der Waals surface area (Å²) in [5.41, 5.74) is 5.73. The summed E-state index contributed by atoms with van der Waals surface area (Å²) in [6.07, 6.45) is 0. The Hall–Kier alpha value is -5.22. The van der Waals surface area contributed by atoms with Gasteiger partial charge in [0.2, 0.25) is 0 Å². The average Bonchev–Trinajstić information content (AvgIpc) is 2.96. The third-order valence-corrected chi connectivity index (χ3v) is 9.20. The van der Waals surface area contributed by atoms with E-state index < -0.39 is 0 Å². The highest BCUT2D eigenvalue weighted by Gasteiger charge is 2.28. The van der Waals surface area contributed by atoms with Gasteiger partial charge < -0.3 is 8.80 Å². The van der Waals surface area contributed by atoms with Crippen molar-refractivity contribution in [2.75, 3.05) is 0 Å². The van der Waals surface area contributed by atoms with E-state index in [9.17, 15) is 9.59 Å². The zero-order valence-electron chi connectivity index (χ0n) is 19.8. The van der Waals surface area contributed by atoms with Crippen LogP contribution in [0.15, 0.2) is 94.5 Å². The first kappa shape index (κ1) is 18.1. The predicted molar refractivity (Wildman–Crippen MR) is 157 cm³/mol. The highest BCUT2D eigenvalue weighted by Crippen LogP contribution is 2.47. The fourth-order valence-electron chi connectivity index (χ4n) is 7.86. The molecule has 4 heteroatoms. The number of nitrogens with zero attached hydrogens (tertiary/aromatic N) is 2. The van der Waals surface area contributed by atoms with Crippen LogP contribution in [0.5, 0.6) is 0 Å². The van der Waals surface area contributed by atoms with Crippen LogP contribution in [0.3, 0.4) is 0 Å². The molecule has 172 valence electrons. The molecule has 0 radical (unpaired) electrons. The van der Waals surface area contributed by atoms with E-state index in [1.807, 2.05) is 18.2 Å². The lowest BCUT2D eigenvalue weighted by Gasteiger charge is -2.27. The zero-order valence-corrected chi connectivity index (χ0v) is 19.8. The van der Waals surface area contributed by atoms with E-state index in [0.717, 1.165) is 54.6 Å². The molecule has 5 heterocycles. The first-order valence-electron chi connectivity index (χ1n) is 12.9. The van der Waals surface area contributed by atoms with Gasteiger partial charge >= 0.3 is 0 Å². The van der Waals surface area contributed by atoms with Crippen molar-refractivity contribution in [3.05, 3.63) is 105 Å². The summed E-state index contributed by atoms with van der Waals surface area (Å²) in [7, 11) is 0. The van der Waals surface area contributed by atoms with Crippen molar-refractivity contribution < 1.29 is 0 Å². The van der Waals surface area contributed by atoms with Gasteiger partial charge in [-0.2, -0.15) is 0 Å². The van der Waals surface area contributed by atoms with Crippen LogP contribution in [-0.2, 0) is 0 Å². The Morgan fingerprint density at radius 1 is 0.368 bits per heavy atom. The van der Waals surface area contributed by atoms with Crippen LogP contribution in [0.25, 0.3) is 97.7 Å². The van der Waals surface area contributed by atoms with Crippen molar-refractivity contribution in [2.45, 2.75) is 0 Å². The molecular weight excluding hydrogens is 468 g/mol. The maximum atomic E-state index is 14.1. The molecule has 0 unspecified atom stereocenters. The summed E-state index contributed by atoms with van der Waals surface area (Å²) >= 11 is 0. The number of rotatable bonds is 0. The fraction of sp³-hybridized carbons (Fsp3) is 0. The monoisotopic (exact) mass is 482 g/mol. The molecule has 11 aromatic rings. The molecule has 0 saturated carbocycles. The second kappa shape index (κ2) is 5.38. The quantitative estimate of drug-likeness (QED) is 0.168. The third-order valence-electron chi connectivity index (χ3n) is 9.20. The number of aromatic nitrogens is 2. The minimum absolute atomic E-state index is 0.0195. The Morgan fingerprint density at radius 3 is 1.29 bits per heavy atom. The first-order chi connectivity index (χ1) is 18.7. The van der Waals surface area contributed by atoms with Gasteiger partial charge in [-0.05, 0) is 45.8 Å². The molecule has 0 N–H and O–H groups in total. The summed E-state index contributed by atoms with van der Waals surface area (Å²) < 4.78 is 4.62. The molecule has 11 rings (SSSR count). The van der Waals surface area contributed by atoms with Gasteiger partial charge in [-0.25, -0.2) is 0 Å². The van der Waals surface area contributed by atoms with E-state index >= 15 is 0 Å². The van der Waals surface area contributed by atoms with Crippen LogP contribution in [-0.4, -0.2) is 8.80 Å². The highest BCUT2D eigenvalue weighted by atomic mass is 16.1. The van der Waals surface area contributed by atoms with Crippen molar-refractivity contribution in [3.63, 3.8) is 0 Å². The summed E-state index contributed by atoms with van der Waals surface area (Å²) in [5.74, 6) is 0. The predicted octanol–water partition coefficient (Wildman–Crippen LogP) is 7.33. The molecular formula is C34H14N2O2. The van der Waals surface area contributed by atoms with Gasteiger partial charge in [0.05, 0.1) is 33.1 Å². The highest BCUT2D eigenvalue weighted by molar-refractivity contribution is 6.36. The van der Waals surface area contributed by atoms with Crippen molar-refractivity contribution in [3.8, 4) is 0 Å². The van der Waals surface area contributed by atoms with Gasteiger partial charge in [0.25, 0.3) is 0 Å². The average molecular weight is 482 g/mol. The Bertz CT molecular complexity index is 2740. The normalized spacial score (nSPS) is 13.5. The largest absolute Gasteiger partial charge is 0.304 e. The van der Waals surface area contributed by atoms with E-state index in [1.165, 1.54) is 21.5 Å². The Labute approximate surface area is 211 Å². The first-order valence-corrected chi connectivity index (χ1v) is 12.9. The molecule has 0 aliphatic heterocycles. The number of hydrogen-bond acceptors (Lipinski definition) is 2. The second-order valence-electron chi connectivity index (χ2n) is 10.8. The van der Waals surface area contributed by atoms with Crippen LogP contribution in [0.1, 0.15) is 0 Å². The lowest BCUT2D eigenvalue weighted by Crippen LogP contribution is -2.18. The van der Waals surface area contributed by atoms with Gasteiger partial charge in [-0.15, -0.1) is 0 Å². The van der Waals surface area contributed by atoms with Crippen molar-refractivity contribution in [1.29, 1.82) is 0 Å². The molecule has 0 aliphatic rings. The number of benzene rings is 6. The molecule has 0 spiro atoms. The molecule has 0 fully saturated rings. The van der Waals surface area contributed by atoms with E-state index in [2.05, 4.69) is 75.5 Å². The summed E-state index contributed by atoms with van der Waals surface area (Å²) in [4.78, 5) is 28.2. The van der Waals surface area contributed by atoms with Crippen molar-refractivity contribution in [2.24, 2.45) is 0 Å². The van der Waals surface area contributed by atoms with Crippen LogP contribution in [0, 0.1) is 0 Å². The second-order valence-corrected chi connectivity index (χ2v) is 10.8. The van der Waals surface area contributed by atoms with Crippen LogP contribution in [0.2, 0.25) is 0 Å². The topological polar surface area (TPSA) is 43.0 Å². The van der Waals surface area contributed by atoms with E-state index in [4.69, 9.17) is 0 Å². The van der Waals surface area contributed by atoms with Crippen LogP contribution < -0.4 is 10.9 Å².